The lowest BCUT2D eigenvalue weighted by molar-refractivity contribution is 0.0675. The van der Waals surface area contributed by atoms with Crippen LogP contribution >= 0.6 is 0 Å². The average molecular weight is 222 g/mol. The molecular weight excluding hydrogens is 204 g/mol. The lowest BCUT2D eigenvalue weighted by Gasteiger charge is -2.14. The molecule has 3 heteroatoms. The SMILES string of the molecule is OCCc1ccccc1OCC1CCCO1. The normalized spacial score (nSPS) is 19.9. The molecule has 0 bridgehead atoms. The first-order chi connectivity index (χ1) is 7.90. The number of hydrogen-bond acceptors (Lipinski definition) is 3. The molecule has 1 heterocycles. The zero-order valence-electron chi connectivity index (χ0n) is 9.39. The monoisotopic (exact) mass is 222 g/mol. The van der Waals surface area contributed by atoms with Crippen molar-refractivity contribution < 1.29 is 14.6 Å². The summed E-state index contributed by atoms with van der Waals surface area (Å²) in [6.07, 6.45) is 3.10. The highest BCUT2D eigenvalue weighted by Gasteiger charge is 2.16. The van der Waals surface area contributed by atoms with Gasteiger partial charge in [0.25, 0.3) is 0 Å². The van der Waals surface area contributed by atoms with Gasteiger partial charge in [0.1, 0.15) is 12.4 Å². The fourth-order valence-corrected chi connectivity index (χ4v) is 1.93. The van der Waals surface area contributed by atoms with E-state index in [0.717, 1.165) is 30.8 Å². The number of benzene rings is 1. The maximum atomic E-state index is 8.94. The molecule has 88 valence electrons. The van der Waals surface area contributed by atoms with Crippen molar-refractivity contribution in [1.82, 2.24) is 0 Å². The maximum Gasteiger partial charge on any atom is 0.122 e. The molecule has 0 aliphatic carbocycles. The van der Waals surface area contributed by atoms with Crippen molar-refractivity contribution in [1.29, 1.82) is 0 Å². The Kier molecular flexibility index (Phi) is 4.19. The fraction of sp³-hybridized carbons (Fsp3) is 0.538. The number of ether oxygens (including phenoxy) is 2. The van der Waals surface area contributed by atoms with Crippen LogP contribution in [-0.2, 0) is 11.2 Å². The third kappa shape index (κ3) is 2.97. The Morgan fingerprint density at radius 3 is 3.00 bits per heavy atom. The van der Waals surface area contributed by atoms with Crippen molar-refractivity contribution in [3.8, 4) is 5.75 Å². The number of hydrogen-bond donors (Lipinski definition) is 1. The van der Waals surface area contributed by atoms with E-state index in [0.29, 0.717) is 13.0 Å². The molecule has 0 saturated carbocycles. The summed E-state index contributed by atoms with van der Waals surface area (Å²) in [6.45, 7) is 1.62. The molecule has 1 aromatic carbocycles. The van der Waals surface area contributed by atoms with Crippen molar-refractivity contribution >= 4 is 0 Å². The van der Waals surface area contributed by atoms with E-state index in [-0.39, 0.29) is 12.7 Å². The number of para-hydroxylation sites is 1. The molecule has 0 spiro atoms. The third-order valence-electron chi connectivity index (χ3n) is 2.80. The van der Waals surface area contributed by atoms with Crippen molar-refractivity contribution in [2.24, 2.45) is 0 Å². The van der Waals surface area contributed by atoms with Gasteiger partial charge < -0.3 is 14.6 Å². The summed E-state index contributed by atoms with van der Waals surface area (Å²) in [5, 5.41) is 8.94. The molecule has 1 unspecified atom stereocenters. The lowest BCUT2D eigenvalue weighted by atomic mass is 10.1. The summed E-state index contributed by atoms with van der Waals surface area (Å²) in [6, 6.07) is 7.84. The minimum absolute atomic E-state index is 0.153. The highest BCUT2D eigenvalue weighted by molar-refractivity contribution is 5.33. The van der Waals surface area contributed by atoms with E-state index < -0.39 is 0 Å². The molecular formula is C13H18O3. The topological polar surface area (TPSA) is 38.7 Å². The van der Waals surface area contributed by atoms with Gasteiger partial charge in [-0.05, 0) is 30.9 Å². The fourth-order valence-electron chi connectivity index (χ4n) is 1.93. The first-order valence-corrected chi connectivity index (χ1v) is 5.83. The predicted molar refractivity (Wildman–Crippen MR) is 61.7 cm³/mol. The molecule has 1 N–H and O–H groups in total. The zero-order valence-corrected chi connectivity index (χ0v) is 9.39. The third-order valence-corrected chi connectivity index (χ3v) is 2.80. The van der Waals surface area contributed by atoms with Crippen LogP contribution in [0.25, 0.3) is 0 Å². The first kappa shape index (κ1) is 11.4. The van der Waals surface area contributed by atoms with Gasteiger partial charge >= 0.3 is 0 Å². The maximum absolute atomic E-state index is 8.94. The van der Waals surface area contributed by atoms with Crippen LogP contribution in [0.2, 0.25) is 0 Å². The zero-order chi connectivity index (χ0) is 11.2. The molecule has 1 atom stereocenters. The van der Waals surface area contributed by atoms with Gasteiger partial charge in [-0.2, -0.15) is 0 Å². The minimum atomic E-state index is 0.153. The van der Waals surface area contributed by atoms with Gasteiger partial charge in [-0.15, -0.1) is 0 Å². The van der Waals surface area contributed by atoms with Gasteiger partial charge in [0.15, 0.2) is 0 Å². The average Bonchev–Trinajstić information content (AvgIpc) is 2.81. The summed E-state index contributed by atoms with van der Waals surface area (Å²) in [5.74, 6) is 0.868. The van der Waals surface area contributed by atoms with Gasteiger partial charge in [-0.25, -0.2) is 0 Å². The number of aliphatic hydroxyl groups is 1. The van der Waals surface area contributed by atoms with E-state index in [1.54, 1.807) is 0 Å². The molecule has 1 saturated heterocycles. The number of aliphatic hydroxyl groups excluding tert-OH is 1. The van der Waals surface area contributed by atoms with Gasteiger partial charge in [0.2, 0.25) is 0 Å². The summed E-state index contributed by atoms with van der Waals surface area (Å²) in [5.41, 5.74) is 1.06. The number of rotatable bonds is 5. The molecule has 1 aliphatic heterocycles. The summed E-state index contributed by atoms with van der Waals surface area (Å²) >= 11 is 0. The van der Waals surface area contributed by atoms with Crippen LogP contribution in [0.3, 0.4) is 0 Å². The van der Waals surface area contributed by atoms with E-state index in [9.17, 15) is 0 Å². The molecule has 0 aromatic heterocycles. The van der Waals surface area contributed by atoms with Crippen LogP contribution in [0.15, 0.2) is 24.3 Å². The Morgan fingerprint density at radius 2 is 2.25 bits per heavy atom. The second-order valence-electron chi connectivity index (χ2n) is 4.03. The van der Waals surface area contributed by atoms with E-state index in [2.05, 4.69) is 0 Å². The van der Waals surface area contributed by atoms with Gasteiger partial charge in [-0.1, -0.05) is 18.2 Å². The van der Waals surface area contributed by atoms with E-state index in [4.69, 9.17) is 14.6 Å². The van der Waals surface area contributed by atoms with Crippen molar-refractivity contribution in [2.75, 3.05) is 19.8 Å². The molecule has 0 radical (unpaired) electrons. The lowest BCUT2D eigenvalue weighted by Crippen LogP contribution is -2.16. The Labute approximate surface area is 96.0 Å². The standard InChI is InChI=1S/C13H18O3/c14-8-7-11-4-1-2-6-13(11)16-10-12-5-3-9-15-12/h1-2,4,6,12,14H,3,5,7-10H2. The Morgan fingerprint density at radius 1 is 1.38 bits per heavy atom. The largest absolute Gasteiger partial charge is 0.491 e. The van der Waals surface area contributed by atoms with Crippen molar-refractivity contribution in [3.05, 3.63) is 29.8 Å². The Balaban J connectivity index is 1.91. The molecule has 1 fully saturated rings. The van der Waals surface area contributed by atoms with Crippen molar-refractivity contribution in [3.63, 3.8) is 0 Å². The van der Waals surface area contributed by atoms with E-state index in [1.165, 1.54) is 0 Å². The van der Waals surface area contributed by atoms with Crippen LogP contribution in [0.4, 0.5) is 0 Å². The van der Waals surface area contributed by atoms with Gasteiger partial charge in [0, 0.05) is 13.2 Å². The second-order valence-corrected chi connectivity index (χ2v) is 4.03. The molecule has 2 rings (SSSR count). The molecule has 16 heavy (non-hydrogen) atoms. The smallest absolute Gasteiger partial charge is 0.122 e. The van der Waals surface area contributed by atoms with Gasteiger partial charge in [0.05, 0.1) is 6.10 Å². The summed E-state index contributed by atoms with van der Waals surface area (Å²) in [7, 11) is 0. The van der Waals surface area contributed by atoms with Crippen LogP contribution in [0.5, 0.6) is 5.75 Å². The highest BCUT2D eigenvalue weighted by atomic mass is 16.5. The summed E-state index contributed by atoms with van der Waals surface area (Å²) in [4.78, 5) is 0. The quantitative estimate of drug-likeness (QED) is 0.825. The Bertz CT molecular complexity index is 319. The van der Waals surface area contributed by atoms with Gasteiger partial charge in [-0.3, -0.25) is 0 Å². The molecule has 1 aliphatic rings. The van der Waals surface area contributed by atoms with E-state index in [1.807, 2.05) is 24.3 Å². The van der Waals surface area contributed by atoms with Crippen LogP contribution in [0.1, 0.15) is 18.4 Å². The molecule has 0 amide bonds. The summed E-state index contributed by atoms with van der Waals surface area (Å²) < 4.78 is 11.2. The van der Waals surface area contributed by atoms with Crippen molar-refractivity contribution in [2.45, 2.75) is 25.4 Å². The Hall–Kier alpha value is -1.06. The van der Waals surface area contributed by atoms with E-state index >= 15 is 0 Å². The first-order valence-electron chi connectivity index (χ1n) is 5.83. The molecule has 1 aromatic rings. The van der Waals surface area contributed by atoms with Crippen LogP contribution in [-0.4, -0.2) is 31.0 Å². The minimum Gasteiger partial charge on any atom is -0.491 e. The van der Waals surface area contributed by atoms with Crippen LogP contribution in [0, 0.1) is 0 Å². The predicted octanol–water partition coefficient (Wildman–Crippen LogP) is 1.78. The molecule has 3 nitrogen and oxygen atoms in total. The van der Waals surface area contributed by atoms with Crippen LogP contribution < -0.4 is 4.74 Å². The highest BCUT2D eigenvalue weighted by Crippen LogP contribution is 2.20. The second kappa shape index (κ2) is 5.87.